The average molecular weight is 331 g/mol. The van der Waals surface area contributed by atoms with Gasteiger partial charge in [-0.2, -0.15) is 0 Å². The van der Waals surface area contributed by atoms with E-state index in [4.69, 9.17) is 4.42 Å². The molecule has 0 saturated carbocycles. The molecule has 2 aromatic rings. The molecule has 0 spiro atoms. The Bertz CT molecular complexity index is 692. The van der Waals surface area contributed by atoms with Gasteiger partial charge in [-0.05, 0) is 43.7 Å². The number of furan rings is 1. The van der Waals surface area contributed by atoms with Crippen LogP contribution in [0.15, 0.2) is 40.8 Å². The van der Waals surface area contributed by atoms with E-state index in [1.165, 1.54) is 0 Å². The summed E-state index contributed by atoms with van der Waals surface area (Å²) in [5, 5.41) is 15.8. The van der Waals surface area contributed by atoms with Gasteiger partial charge in [0, 0.05) is 26.3 Å². The van der Waals surface area contributed by atoms with Crippen LogP contribution in [0, 0.1) is 6.92 Å². The zero-order valence-electron chi connectivity index (χ0n) is 14.6. The Balaban J connectivity index is 1.84. The van der Waals surface area contributed by atoms with Crippen LogP contribution in [0.3, 0.4) is 0 Å². The molecular formula is C18H25N3O3. The van der Waals surface area contributed by atoms with Gasteiger partial charge < -0.3 is 25.1 Å². The molecule has 1 aromatic heterocycles. The minimum atomic E-state index is -1.25. The van der Waals surface area contributed by atoms with E-state index < -0.39 is 5.60 Å². The van der Waals surface area contributed by atoms with Crippen molar-refractivity contribution < 1.29 is 14.3 Å². The number of aliphatic hydroxyl groups is 1. The molecule has 1 unspecified atom stereocenters. The molecule has 0 saturated heterocycles. The van der Waals surface area contributed by atoms with Crippen molar-refractivity contribution in [3.8, 4) is 0 Å². The number of carbonyl (C=O) groups is 1. The zero-order chi connectivity index (χ0) is 17.7. The average Bonchev–Trinajstić information content (AvgIpc) is 2.99. The Morgan fingerprint density at radius 2 is 2.00 bits per heavy atom. The first kappa shape index (κ1) is 17.9. The minimum absolute atomic E-state index is 0.0591. The number of amides is 2. The Hall–Kier alpha value is -2.47. The van der Waals surface area contributed by atoms with Crippen LogP contribution < -0.4 is 15.5 Å². The summed E-state index contributed by atoms with van der Waals surface area (Å²) in [5.41, 5.74) is 0.826. The van der Waals surface area contributed by atoms with E-state index in [2.05, 4.69) is 10.6 Å². The molecule has 1 aromatic carbocycles. The number of rotatable bonds is 6. The summed E-state index contributed by atoms with van der Waals surface area (Å²) in [5.74, 6) is 1.15. The summed E-state index contributed by atoms with van der Waals surface area (Å²) in [6.45, 7) is 3.88. The van der Waals surface area contributed by atoms with Gasteiger partial charge in [0.2, 0.25) is 0 Å². The molecule has 0 radical (unpaired) electrons. The summed E-state index contributed by atoms with van der Waals surface area (Å²) < 4.78 is 5.42. The SMILES string of the molecule is Cc1ccc(C(C)(O)CNC(=O)NCc2cccc(N(C)C)c2)o1. The van der Waals surface area contributed by atoms with Crippen LogP contribution >= 0.6 is 0 Å². The second kappa shape index (κ2) is 7.40. The molecule has 2 rings (SSSR count). The molecule has 0 fully saturated rings. The van der Waals surface area contributed by atoms with E-state index in [1.807, 2.05) is 50.2 Å². The monoisotopic (exact) mass is 331 g/mol. The number of carbonyl (C=O) groups excluding carboxylic acids is 1. The normalized spacial score (nSPS) is 13.2. The third-order valence-corrected chi connectivity index (χ3v) is 3.74. The van der Waals surface area contributed by atoms with E-state index >= 15 is 0 Å². The molecule has 0 aliphatic carbocycles. The van der Waals surface area contributed by atoms with Gasteiger partial charge >= 0.3 is 6.03 Å². The lowest BCUT2D eigenvalue weighted by Crippen LogP contribution is -2.43. The molecule has 0 aliphatic heterocycles. The van der Waals surface area contributed by atoms with E-state index in [0.29, 0.717) is 12.3 Å². The molecule has 3 N–H and O–H groups in total. The molecule has 6 heteroatoms. The number of hydrogen-bond acceptors (Lipinski definition) is 4. The number of benzene rings is 1. The van der Waals surface area contributed by atoms with E-state index in [1.54, 1.807) is 19.1 Å². The highest BCUT2D eigenvalue weighted by atomic mass is 16.4. The van der Waals surface area contributed by atoms with Crippen molar-refractivity contribution in [2.45, 2.75) is 26.0 Å². The smallest absolute Gasteiger partial charge is 0.315 e. The van der Waals surface area contributed by atoms with Gasteiger partial charge in [0.1, 0.15) is 17.1 Å². The summed E-state index contributed by atoms with van der Waals surface area (Å²) in [6.07, 6.45) is 0. The number of urea groups is 1. The fourth-order valence-electron chi connectivity index (χ4n) is 2.25. The van der Waals surface area contributed by atoms with Crippen LogP contribution in [0.4, 0.5) is 10.5 Å². The van der Waals surface area contributed by atoms with Crippen LogP contribution in [-0.4, -0.2) is 31.8 Å². The summed E-state index contributed by atoms with van der Waals surface area (Å²) in [4.78, 5) is 14.0. The quantitative estimate of drug-likeness (QED) is 0.759. The Morgan fingerprint density at radius 1 is 1.25 bits per heavy atom. The van der Waals surface area contributed by atoms with E-state index in [0.717, 1.165) is 17.0 Å². The lowest BCUT2D eigenvalue weighted by molar-refractivity contribution is 0.0360. The van der Waals surface area contributed by atoms with Crippen molar-refractivity contribution >= 4 is 11.7 Å². The van der Waals surface area contributed by atoms with Gasteiger partial charge in [-0.25, -0.2) is 4.79 Å². The molecule has 1 heterocycles. The number of nitrogens with zero attached hydrogens (tertiary/aromatic N) is 1. The van der Waals surface area contributed by atoms with Gasteiger partial charge in [0.05, 0.1) is 6.54 Å². The molecule has 0 bridgehead atoms. The molecule has 130 valence electrons. The Labute approximate surface area is 142 Å². The van der Waals surface area contributed by atoms with Crippen LogP contribution in [0.25, 0.3) is 0 Å². The Kier molecular flexibility index (Phi) is 5.51. The predicted molar refractivity (Wildman–Crippen MR) is 94.0 cm³/mol. The van der Waals surface area contributed by atoms with Gasteiger partial charge in [0.25, 0.3) is 0 Å². The van der Waals surface area contributed by atoms with Crippen molar-refractivity contribution in [3.05, 3.63) is 53.5 Å². The standard InChI is InChI=1S/C18H25N3O3/c1-13-8-9-16(24-13)18(2,23)12-20-17(22)19-11-14-6-5-7-15(10-14)21(3)4/h5-10,23H,11-12H2,1-4H3,(H2,19,20,22). The Morgan fingerprint density at radius 3 is 2.62 bits per heavy atom. The highest BCUT2D eigenvalue weighted by Crippen LogP contribution is 2.21. The first-order valence-electron chi connectivity index (χ1n) is 7.85. The van der Waals surface area contributed by atoms with Crippen molar-refractivity contribution in [2.75, 3.05) is 25.5 Å². The molecule has 1 atom stereocenters. The lowest BCUT2D eigenvalue weighted by Gasteiger charge is -2.21. The molecule has 0 aliphatic rings. The minimum Gasteiger partial charge on any atom is -0.463 e. The first-order valence-corrected chi connectivity index (χ1v) is 7.85. The fourth-order valence-corrected chi connectivity index (χ4v) is 2.25. The lowest BCUT2D eigenvalue weighted by atomic mass is 10.0. The van der Waals surface area contributed by atoms with Gasteiger partial charge in [-0.1, -0.05) is 12.1 Å². The van der Waals surface area contributed by atoms with Crippen LogP contribution in [0.5, 0.6) is 0 Å². The number of aryl methyl sites for hydroxylation is 1. The molecule has 24 heavy (non-hydrogen) atoms. The highest BCUT2D eigenvalue weighted by molar-refractivity contribution is 5.74. The summed E-state index contributed by atoms with van der Waals surface area (Å²) >= 11 is 0. The second-order valence-electron chi connectivity index (χ2n) is 6.28. The van der Waals surface area contributed by atoms with Gasteiger partial charge in [-0.3, -0.25) is 0 Å². The zero-order valence-corrected chi connectivity index (χ0v) is 14.6. The van der Waals surface area contributed by atoms with Gasteiger partial charge in [-0.15, -0.1) is 0 Å². The van der Waals surface area contributed by atoms with Crippen molar-refractivity contribution in [2.24, 2.45) is 0 Å². The fraction of sp³-hybridized carbons (Fsp3) is 0.389. The predicted octanol–water partition coefficient (Wildman–Crippen LogP) is 2.36. The third-order valence-electron chi connectivity index (χ3n) is 3.74. The van der Waals surface area contributed by atoms with Crippen LogP contribution in [-0.2, 0) is 12.1 Å². The maximum Gasteiger partial charge on any atom is 0.315 e. The molecule has 6 nitrogen and oxygen atoms in total. The van der Waals surface area contributed by atoms with Gasteiger partial charge in [0.15, 0.2) is 0 Å². The van der Waals surface area contributed by atoms with Crippen molar-refractivity contribution in [1.82, 2.24) is 10.6 Å². The van der Waals surface area contributed by atoms with Crippen molar-refractivity contribution in [3.63, 3.8) is 0 Å². The number of hydrogen-bond donors (Lipinski definition) is 3. The summed E-state index contributed by atoms with van der Waals surface area (Å²) in [6, 6.07) is 11.1. The van der Waals surface area contributed by atoms with E-state index in [9.17, 15) is 9.90 Å². The topological polar surface area (TPSA) is 77.7 Å². The maximum absolute atomic E-state index is 11.9. The summed E-state index contributed by atoms with van der Waals surface area (Å²) in [7, 11) is 3.94. The molecular weight excluding hydrogens is 306 g/mol. The van der Waals surface area contributed by atoms with Crippen LogP contribution in [0.1, 0.15) is 24.0 Å². The number of nitrogens with one attached hydrogen (secondary N) is 2. The highest BCUT2D eigenvalue weighted by Gasteiger charge is 2.27. The molecule has 2 amide bonds. The van der Waals surface area contributed by atoms with E-state index in [-0.39, 0.29) is 12.6 Å². The second-order valence-corrected chi connectivity index (χ2v) is 6.28. The van der Waals surface area contributed by atoms with Crippen LogP contribution in [0.2, 0.25) is 0 Å². The maximum atomic E-state index is 11.9. The third kappa shape index (κ3) is 4.76. The van der Waals surface area contributed by atoms with Crippen molar-refractivity contribution in [1.29, 1.82) is 0 Å². The largest absolute Gasteiger partial charge is 0.463 e. The first-order chi connectivity index (χ1) is 11.3. The number of anilines is 1.